The van der Waals surface area contributed by atoms with Crippen molar-refractivity contribution in [1.82, 2.24) is 5.32 Å². The topological polar surface area (TPSA) is 21.3 Å². The average Bonchev–Trinajstić information content (AvgIpc) is 2.49. The van der Waals surface area contributed by atoms with Crippen molar-refractivity contribution in [3.05, 3.63) is 29.3 Å². The van der Waals surface area contributed by atoms with E-state index in [1.165, 1.54) is 56.1 Å². The normalized spacial score (nSPS) is 29.8. The SMILES string of the molecule is COc1ccc2c(c1)CCCC2NC1CCCCC1C. The third-order valence-corrected chi connectivity index (χ3v) is 5.19. The van der Waals surface area contributed by atoms with Gasteiger partial charge in [0.15, 0.2) is 0 Å². The molecule has 0 aliphatic heterocycles. The molecule has 1 fully saturated rings. The van der Waals surface area contributed by atoms with E-state index in [-0.39, 0.29) is 0 Å². The highest BCUT2D eigenvalue weighted by atomic mass is 16.5. The highest BCUT2D eigenvalue weighted by molar-refractivity contribution is 5.39. The first kappa shape index (κ1) is 13.9. The van der Waals surface area contributed by atoms with Crippen molar-refractivity contribution >= 4 is 0 Å². The second-order valence-electron chi connectivity index (χ2n) is 6.54. The molecule has 110 valence electrons. The zero-order valence-electron chi connectivity index (χ0n) is 12.8. The molecule has 3 unspecified atom stereocenters. The summed E-state index contributed by atoms with van der Waals surface area (Å²) < 4.78 is 5.36. The van der Waals surface area contributed by atoms with E-state index in [1.54, 1.807) is 7.11 Å². The molecule has 0 heterocycles. The van der Waals surface area contributed by atoms with Crippen molar-refractivity contribution in [2.45, 2.75) is 64.0 Å². The number of rotatable bonds is 3. The first-order valence-electron chi connectivity index (χ1n) is 8.21. The van der Waals surface area contributed by atoms with E-state index in [0.717, 1.165) is 11.7 Å². The van der Waals surface area contributed by atoms with Gasteiger partial charge in [0.05, 0.1) is 7.11 Å². The van der Waals surface area contributed by atoms with Crippen molar-refractivity contribution in [3.63, 3.8) is 0 Å². The second kappa shape index (κ2) is 6.17. The lowest BCUT2D eigenvalue weighted by Crippen LogP contribution is -2.40. The Balaban J connectivity index is 1.75. The molecule has 3 rings (SSSR count). The number of aryl methyl sites for hydroxylation is 1. The summed E-state index contributed by atoms with van der Waals surface area (Å²) in [6, 6.07) is 7.88. The van der Waals surface area contributed by atoms with E-state index in [0.29, 0.717) is 12.1 Å². The first-order valence-corrected chi connectivity index (χ1v) is 8.21. The fourth-order valence-corrected chi connectivity index (χ4v) is 3.91. The lowest BCUT2D eigenvalue weighted by atomic mass is 9.82. The Labute approximate surface area is 122 Å². The summed E-state index contributed by atoms with van der Waals surface area (Å²) in [4.78, 5) is 0. The molecule has 0 radical (unpaired) electrons. The summed E-state index contributed by atoms with van der Waals surface area (Å²) in [5.74, 6) is 1.82. The Hall–Kier alpha value is -1.02. The molecule has 0 bridgehead atoms. The minimum absolute atomic E-state index is 0.551. The lowest BCUT2D eigenvalue weighted by Gasteiger charge is -2.36. The third kappa shape index (κ3) is 2.85. The summed E-state index contributed by atoms with van der Waals surface area (Å²) in [6.45, 7) is 2.41. The summed E-state index contributed by atoms with van der Waals surface area (Å²) in [6.07, 6.45) is 9.32. The molecule has 1 aromatic carbocycles. The first-order chi connectivity index (χ1) is 9.78. The maximum atomic E-state index is 5.36. The third-order valence-electron chi connectivity index (χ3n) is 5.19. The number of methoxy groups -OCH3 is 1. The van der Waals surface area contributed by atoms with Crippen LogP contribution in [0.15, 0.2) is 18.2 Å². The van der Waals surface area contributed by atoms with E-state index in [1.807, 2.05) is 0 Å². The molecule has 1 N–H and O–H groups in total. The fraction of sp³-hybridized carbons (Fsp3) is 0.667. The fourth-order valence-electron chi connectivity index (χ4n) is 3.91. The molecule has 2 heteroatoms. The van der Waals surface area contributed by atoms with Crippen LogP contribution in [0.5, 0.6) is 5.75 Å². The summed E-state index contributed by atoms with van der Waals surface area (Å²) >= 11 is 0. The molecular formula is C18H27NO. The number of fused-ring (bicyclic) bond motifs is 1. The number of hydrogen-bond donors (Lipinski definition) is 1. The molecule has 3 atom stereocenters. The Bertz CT molecular complexity index is 457. The van der Waals surface area contributed by atoms with Crippen molar-refractivity contribution < 1.29 is 4.74 Å². The molecule has 2 aliphatic rings. The van der Waals surface area contributed by atoms with Gasteiger partial charge in [0, 0.05) is 12.1 Å². The van der Waals surface area contributed by atoms with Crippen LogP contribution >= 0.6 is 0 Å². The summed E-state index contributed by atoms with van der Waals surface area (Å²) in [5, 5.41) is 3.96. The van der Waals surface area contributed by atoms with Crippen LogP contribution < -0.4 is 10.1 Å². The number of hydrogen-bond acceptors (Lipinski definition) is 2. The van der Waals surface area contributed by atoms with Crippen molar-refractivity contribution in [2.75, 3.05) is 7.11 Å². The molecule has 0 saturated heterocycles. The maximum Gasteiger partial charge on any atom is 0.119 e. The van der Waals surface area contributed by atoms with Gasteiger partial charge in [0.2, 0.25) is 0 Å². The number of ether oxygens (including phenoxy) is 1. The van der Waals surface area contributed by atoms with Crippen LogP contribution in [0.2, 0.25) is 0 Å². The van der Waals surface area contributed by atoms with Crippen molar-refractivity contribution in [2.24, 2.45) is 5.92 Å². The van der Waals surface area contributed by atoms with Crippen LogP contribution in [0, 0.1) is 5.92 Å². The average molecular weight is 273 g/mol. The Kier molecular flexibility index (Phi) is 4.30. The largest absolute Gasteiger partial charge is 0.497 e. The quantitative estimate of drug-likeness (QED) is 0.889. The van der Waals surface area contributed by atoms with Gasteiger partial charge in [-0.15, -0.1) is 0 Å². The maximum absolute atomic E-state index is 5.36. The molecular weight excluding hydrogens is 246 g/mol. The van der Waals surface area contributed by atoms with Crippen molar-refractivity contribution in [3.8, 4) is 5.75 Å². The van der Waals surface area contributed by atoms with Gasteiger partial charge in [0.25, 0.3) is 0 Å². The standard InChI is InChI=1S/C18H27NO/c1-13-6-3-4-8-17(13)19-18-9-5-7-14-12-15(20-2)10-11-16(14)18/h10-13,17-19H,3-9H2,1-2H3. The van der Waals surface area contributed by atoms with Gasteiger partial charge in [0.1, 0.15) is 5.75 Å². The molecule has 1 aromatic rings. The molecule has 0 spiro atoms. The second-order valence-corrected chi connectivity index (χ2v) is 6.54. The predicted octanol–water partition coefficient (Wildman–Crippen LogP) is 4.24. The van der Waals surface area contributed by atoms with E-state index in [2.05, 4.69) is 30.4 Å². The smallest absolute Gasteiger partial charge is 0.119 e. The zero-order valence-corrected chi connectivity index (χ0v) is 12.8. The Morgan fingerprint density at radius 3 is 2.75 bits per heavy atom. The molecule has 2 aliphatic carbocycles. The molecule has 0 aromatic heterocycles. The van der Waals surface area contributed by atoms with Crippen LogP contribution in [0.25, 0.3) is 0 Å². The van der Waals surface area contributed by atoms with Crippen LogP contribution in [0.4, 0.5) is 0 Å². The molecule has 0 amide bonds. The van der Waals surface area contributed by atoms with Gasteiger partial charge in [-0.1, -0.05) is 25.8 Å². The van der Waals surface area contributed by atoms with Gasteiger partial charge in [-0.3, -0.25) is 0 Å². The highest BCUT2D eigenvalue weighted by Gasteiger charge is 2.27. The van der Waals surface area contributed by atoms with Gasteiger partial charge in [-0.05, 0) is 61.3 Å². The Morgan fingerprint density at radius 2 is 1.95 bits per heavy atom. The van der Waals surface area contributed by atoms with Crippen LogP contribution in [0.3, 0.4) is 0 Å². The van der Waals surface area contributed by atoms with E-state index < -0.39 is 0 Å². The van der Waals surface area contributed by atoms with Crippen LogP contribution in [-0.4, -0.2) is 13.2 Å². The van der Waals surface area contributed by atoms with Gasteiger partial charge < -0.3 is 10.1 Å². The van der Waals surface area contributed by atoms with Crippen LogP contribution in [0.1, 0.15) is 62.6 Å². The van der Waals surface area contributed by atoms with Gasteiger partial charge in [-0.25, -0.2) is 0 Å². The van der Waals surface area contributed by atoms with Crippen molar-refractivity contribution in [1.29, 1.82) is 0 Å². The number of benzene rings is 1. The van der Waals surface area contributed by atoms with E-state index in [9.17, 15) is 0 Å². The molecule has 20 heavy (non-hydrogen) atoms. The lowest BCUT2D eigenvalue weighted by molar-refractivity contribution is 0.249. The van der Waals surface area contributed by atoms with E-state index in [4.69, 9.17) is 4.74 Å². The minimum Gasteiger partial charge on any atom is -0.497 e. The number of nitrogens with one attached hydrogen (secondary N) is 1. The zero-order chi connectivity index (χ0) is 13.9. The van der Waals surface area contributed by atoms with Gasteiger partial charge >= 0.3 is 0 Å². The van der Waals surface area contributed by atoms with E-state index >= 15 is 0 Å². The summed E-state index contributed by atoms with van der Waals surface area (Å²) in [5.41, 5.74) is 2.99. The summed E-state index contributed by atoms with van der Waals surface area (Å²) in [7, 11) is 1.75. The molecule has 1 saturated carbocycles. The monoisotopic (exact) mass is 273 g/mol. The van der Waals surface area contributed by atoms with Gasteiger partial charge in [-0.2, -0.15) is 0 Å². The predicted molar refractivity (Wildman–Crippen MR) is 83.2 cm³/mol. The Morgan fingerprint density at radius 1 is 1.10 bits per heavy atom. The minimum atomic E-state index is 0.551. The highest BCUT2D eigenvalue weighted by Crippen LogP contribution is 2.34. The van der Waals surface area contributed by atoms with Crippen LogP contribution in [-0.2, 0) is 6.42 Å². The molecule has 2 nitrogen and oxygen atoms in total.